The van der Waals surface area contributed by atoms with Crippen LogP contribution in [0.1, 0.15) is 19.8 Å². The molecule has 5 nitrogen and oxygen atoms in total. The van der Waals surface area contributed by atoms with Crippen molar-refractivity contribution >= 4 is 6.09 Å². The first-order valence-corrected chi connectivity index (χ1v) is 6.09. The summed E-state index contributed by atoms with van der Waals surface area (Å²) in [5.74, 6) is 0.606. The van der Waals surface area contributed by atoms with Crippen molar-refractivity contribution in [2.24, 2.45) is 5.92 Å². The lowest BCUT2D eigenvalue weighted by Gasteiger charge is -2.41. The monoisotopic (exact) mass is 226 g/mol. The number of hydrogen-bond donors (Lipinski definition) is 2. The van der Waals surface area contributed by atoms with Gasteiger partial charge in [0.2, 0.25) is 0 Å². The molecular weight excluding hydrogens is 208 g/mol. The first kappa shape index (κ1) is 10.4. The molecule has 5 heteroatoms. The average molecular weight is 226 g/mol. The number of rotatable bonds is 1. The Morgan fingerprint density at radius 3 is 3.00 bits per heavy atom. The van der Waals surface area contributed by atoms with E-state index in [1.165, 1.54) is 0 Å². The van der Waals surface area contributed by atoms with Gasteiger partial charge in [0.05, 0.1) is 30.8 Å². The topological polar surface area (TPSA) is 61.8 Å². The van der Waals surface area contributed by atoms with E-state index in [0.29, 0.717) is 12.5 Å². The van der Waals surface area contributed by atoms with Crippen molar-refractivity contribution in [3.8, 4) is 0 Å². The standard InChI is InChI=1S/C11H18N2O3/c1-2-16-11(15)13-7-3-6-4-8(13)10(14)9(7)12-5-6/h6-10,12,14H,2-5H2,1H3/t6-,7+,8+,9?,10-/m1/s1. The summed E-state index contributed by atoms with van der Waals surface area (Å²) in [5.41, 5.74) is 0. The maximum absolute atomic E-state index is 11.8. The lowest BCUT2D eigenvalue weighted by Crippen LogP contribution is -2.56. The summed E-state index contributed by atoms with van der Waals surface area (Å²) in [4.78, 5) is 13.6. The average Bonchev–Trinajstić information content (AvgIpc) is 2.37. The molecule has 3 aliphatic heterocycles. The lowest BCUT2D eigenvalue weighted by molar-refractivity contribution is 0.0399. The summed E-state index contributed by atoms with van der Waals surface area (Å²) in [7, 11) is 0. The number of ether oxygens (including phenoxy) is 1. The molecule has 0 saturated carbocycles. The highest BCUT2D eigenvalue weighted by molar-refractivity contribution is 5.69. The van der Waals surface area contributed by atoms with E-state index in [4.69, 9.17) is 4.74 Å². The van der Waals surface area contributed by atoms with Crippen molar-refractivity contribution < 1.29 is 14.6 Å². The highest BCUT2D eigenvalue weighted by atomic mass is 16.6. The van der Waals surface area contributed by atoms with Gasteiger partial charge in [0.15, 0.2) is 0 Å². The number of fused-ring (bicyclic) bond motifs is 2. The fourth-order valence-corrected chi connectivity index (χ4v) is 3.54. The molecule has 0 spiro atoms. The summed E-state index contributed by atoms with van der Waals surface area (Å²) >= 11 is 0. The van der Waals surface area contributed by atoms with Gasteiger partial charge in [0.25, 0.3) is 0 Å². The summed E-state index contributed by atoms with van der Waals surface area (Å²) < 4.78 is 5.07. The van der Waals surface area contributed by atoms with Crippen LogP contribution in [0.5, 0.6) is 0 Å². The molecule has 3 fully saturated rings. The van der Waals surface area contributed by atoms with Gasteiger partial charge in [-0.3, -0.25) is 4.90 Å². The van der Waals surface area contributed by atoms with Crippen molar-refractivity contribution in [3.63, 3.8) is 0 Å². The minimum absolute atomic E-state index is 0.0391. The van der Waals surface area contributed by atoms with Crippen molar-refractivity contribution in [2.75, 3.05) is 13.2 Å². The maximum Gasteiger partial charge on any atom is 0.410 e. The van der Waals surface area contributed by atoms with E-state index in [1.807, 2.05) is 6.92 Å². The molecule has 0 aliphatic carbocycles. The van der Waals surface area contributed by atoms with E-state index >= 15 is 0 Å². The molecule has 0 aromatic carbocycles. The molecular formula is C11H18N2O3. The van der Waals surface area contributed by atoms with Crippen molar-refractivity contribution in [1.29, 1.82) is 0 Å². The quantitative estimate of drug-likeness (QED) is 0.657. The molecule has 3 heterocycles. The summed E-state index contributed by atoms with van der Waals surface area (Å²) in [6.45, 7) is 3.18. The summed E-state index contributed by atoms with van der Waals surface area (Å²) in [6, 6.07) is 0.141. The lowest BCUT2D eigenvalue weighted by atomic mass is 9.88. The van der Waals surface area contributed by atoms with Gasteiger partial charge < -0.3 is 15.2 Å². The second kappa shape index (κ2) is 3.60. The van der Waals surface area contributed by atoms with Crippen LogP contribution in [-0.2, 0) is 4.74 Å². The SMILES string of the molecule is CCOC(=O)N1[C@H]2C[C@H]3CNC2[C@H](O)[C@@H]1C3. The van der Waals surface area contributed by atoms with Gasteiger partial charge in [-0.2, -0.15) is 0 Å². The van der Waals surface area contributed by atoms with E-state index in [-0.39, 0.29) is 24.2 Å². The number of carbonyl (C=O) groups is 1. The van der Waals surface area contributed by atoms with Crippen molar-refractivity contribution in [2.45, 2.75) is 44.0 Å². The Labute approximate surface area is 94.8 Å². The Kier molecular flexibility index (Phi) is 2.33. The molecule has 1 unspecified atom stereocenters. The molecule has 3 saturated heterocycles. The Morgan fingerprint density at radius 2 is 2.25 bits per heavy atom. The minimum atomic E-state index is -0.429. The zero-order valence-electron chi connectivity index (χ0n) is 9.43. The number of nitrogens with zero attached hydrogens (tertiary/aromatic N) is 1. The van der Waals surface area contributed by atoms with Crippen LogP contribution >= 0.6 is 0 Å². The van der Waals surface area contributed by atoms with Gasteiger partial charge in [-0.05, 0) is 32.2 Å². The van der Waals surface area contributed by atoms with Gasteiger partial charge in [-0.25, -0.2) is 4.79 Å². The van der Waals surface area contributed by atoms with Gasteiger partial charge >= 0.3 is 6.09 Å². The Balaban J connectivity index is 1.85. The first-order chi connectivity index (χ1) is 7.72. The third kappa shape index (κ3) is 1.28. The van der Waals surface area contributed by atoms with Gasteiger partial charge in [-0.1, -0.05) is 0 Å². The molecule has 0 radical (unpaired) electrons. The van der Waals surface area contributed by atoms with Crippen LogP contribution in [0.15, 0.2) is 0 Å². The van der Waals surface area contributed by atoms with Gasteiger partial charge in [0, 0.05) is 0 Å². The maximum atomic E-state index is 11.8. The number of piperidine rings is 2. The molecule has 3 aliphatic rings. The number of hydrogen-bond acceptors (Lipinski definition) is 4. The first-order valence-electron chi connectivity index (χ1n) is 6.09. The number of aliphatic hydroxyl groups is 1. The molecule has 5 atom stereocenters. The molecule has 16 heavy (non-hydrogen) atoms. The van der Waals surface area contributed by atoms with Crippen LogP contribution in [0.3, 0.4) is 0 Å². The molecule has 1 amide bonds. The second-order valence-electron chi connectivity index (χ2n) is 5.00. The second-order valence-corrected chi connectivity index (χ2v) is 5.00. The molecule has 2 N–H and O–H groups in total. The largest absolute Gasteiger partial charge is 0.450 e. The molecule has 3 rings (SSSR count). The Bertz CT molecular complexity index is 308. The van der Waals surface area contributed by atoms with Crippen LogP contribution in [0, 0.1) is 5.92 Å². The van der Waals surface area contributed by atoms with Crippen molar-refractivity contribution in [1.82, 2.24) is 10.2 Å². The molecule has 90 valence electrons. The van der Waals surface area contributed by atoms with E-state index < -0.39 is 6.10 Å². The normalized spacial score (nSPS) is 44.9. The molecule has 0 aromatic heterocycles. The van der Waals surface area contributed by atoms with Crippen LogP contribution in [0.25, 0.3) is 0 Å². The van der Waals surface area contributed by atoms with Gasteiger partial charge in [-0.15, -0.1) is 0 Å². The number of nitrogens with one attached hydrogen (secondary N) is 1. The highest BCUT2D eigenvalue weighted by Gasteiger charge is 2.57. The van der Waals surface area contributed by atoms with Crippen LogP contribution in [-0.4, -0.2) is 53.5 Å². The summed E-state index contributed by atoms with van der Waals surface area (Å²) in [6.07, 6.45) is 1.22. The van der Waals surface area contributed by atoms with E-state index in [1.54, 1.807) is 4.90 Å². The molecule has 0 aromatic rings. The van der Waals surface area contributed by atoms with Crippen LogP contribution in [0.2, 0.25) is 0 Å². The van der Waals surface area contributed by atoms with Crippen LogP contribution < -0.4 is 5.32 Å². The Morgan fingerprint density at radius 1 is 1.50 bits per heavy atom. The van der Waals surface area contributed by atoms with Gasteiger partial charge in [0.1, 0.15) is 0 Å². The number of amides is 1. The van der Waals surface area contributed by atoms with Crippen LogP contribution in [0.4, 0.5) is 4.79 Å². The zero-order chi connectivity index (χ0) is 11.3. The highest BCUT2D eigenvalue weighted by Crippen LogP contribution is 2.42. The third-order valence-corrected chi connectivity index (χ3v) is 4.16. The number of aliphatic hydroxyl groups excluding tert-OH is 1. The molecule has 3 bridgehead atoms. The fraction of sp³-hybridized carbons (Fsp3) is 0.909. The third-order valence-electron chi connectivity index (χ3n) is 4.16. The van der Waals surface area contributed by atoms with E-state index in [9.17, 15) is 9.90 Å². The Hall–Kier alpha value is -0.810. The fourth-order valence-electron chi connectivity index (χ4n) is 3.54. The minimum Gasteiger partial charge on any atom is -0.450 e. The number of carbonyl (C=O) groups excluding carboxylic acids is 1. The smallest absolute Gasteiger partial charge is 0.410 e. The van der Waals surface area contributed by atoms with E-state index in [0.717, 1.165) is 19.4 Å². The predicted octanol–water partition coefficient (Wildman–Crippen LogP) is -0.0616. The van der Waals surface area contributed by atoms with E-state index in [2.05, 4.69) is 5.32 Å². The zero-order valence-corrected chi connectivity index (χ0v) is 9.43. The summed E-state index contributed by atoms with van der Waals surface area (Å²) in [5, 5.41) is 13.5. The predicted molar refractivity (Wildman–Crippen MR) is 57.0 cm³/mol. The van der Waals surface area contributed by atoms with Crippen molar-refractivity contribution in [3.05, 3.63) is 0 Å².